The predicted octanol–water partition coefficient (Wildman–Crippen LogP) is 2.65. The minimum absolute atomic E-state index is 0.0950. The van der Waals surface area contributed by atoms with E-state index in [1.807, 2.05) is 34.6 Å². The van der Waals surface area contributed by atoms with E-state index >= 15 is 0 Å². The van der Waals surface area contributed by atoms with Crippen LogP contribution in [0.4, 0.5) is 10.6 Å². The van der Waals surface area contributed by atoms with Gasteiger partial charge in [-0.25, -0.2) is 19.6 Å². The first-order valence-corrected chi connectivity index (χ1v) is 9.56. The Labute approximate surface area is 170 Å². The number of carbonyl (C=O) groups excluding carboxylic acids is 2. The maximum Gasteiger partial charge on any atom is 0.410 e. The van der Waals surface area contributed by atoms with Crippen molar-refractivity contribution in [1.82, 2.24) is 19.9 Å². The molecule has 1 aliphatic rings. The highest BCUT2D eigenvalue weighted by atomic mass is 16.6. The zero-order chi connectivity index (χ0) is 21.3. The number of fused-ring (bicyclic) bond motifs is 1. The number of hydrogen-bond donors (Lipinski definition) is 0. The van der Waals surface area contributed by atoms with Crippen LogP contribution >= 0.6 is 0 Å². The van der Waals surface area contributed by atoms with Gasteiger partial charge in [-0.3, -0.25) is 9.88 Å². The molecule has 3 heterocycles. The lowest BCUT2D eigenvalue weighted by Gasteiger charge is -2.44. The number of esters is 1. The van der Waals surface area contributed by atoms with Crippen molar-refractivity contribution in [2.24, 2.45) is 0 Å². The van der Waals surface area contributed by atoms with Crippen LogP contribution in [0.1, 0.15) is 45.0 Å². The Hall–Kier alpha value is -2.97. The van der Waals surface area contributed by atoms with Crippen molar-refractivity contribution in [3.8, 4) is 0 Å². The molecule has 2 aromatic heterocycles. The highest BCUT2D eigenvalue weighted by Gasteiger charge is 2.36. The van der Waals surface area contributed by atoms with E-state index in [2.05, 4.69) is 19.9 Å². The fraction of sp³-hybridized carbons (Fsp3) is 0.550. The van der Waals surface area contributed by atoms with Gasteiger partial charge in [-0.05, 0) is 34.6 Å². The number of methoxy groups -OCH3 is 1. The van der Waals surface area contributed by atoms with Crippen LogP contribution in [-0.4, -0.2) is 69.8 Å². The minimum Gasteiger partial charge on any atom is -0.465 e. The molecule has 9 nitrogen and oxygen atoms in total. The first-order valence-electron chi connectivity index (χ1n) is 9.56. The molecule has 2 aromatic rings. The normalized spacial score (nSPS) is 19.9. The molecule has 9 heteroatoms. The molecule has 0 spiro atoms. The summed E-state index contributed by atoms with van der Waals surface area (Å²) in [7, 11) is 1.32. The van der Waals surface area contributed by atoms with Gasteiger partial charge in [0.25, 0.3) is 0 Å². The summed E-state index contributed by atoms with van der Waals surface area (Å²) in [5, 5.41) is 0. The largest absolute Gasteiger partial charge is 0.465 e. The van der Waals surface area contributed by atoms with Gasteiger partial charge in [0.05, 0.1) is 19.2 Å². The molecule has 3 rings (SSSR count). The maximum absolute atomic E-state index is 12.6. The van der Waals surface area contributed by atoms with Gasteiger partial charge in [-0.2, -0.15) is 0 Å². The quantitative estimate of drug-likeness (QED) is 0.709. The monoisotopic (exact) mass is 401 g/mol. The number of nitrogens with zero attached hydrogens (tertiary/aromatic N) is 5. The van der Waals surface area contributed by atoms with Crippen molar-refractivity contribution in [2.45, 2.75) is 52.3 Å². The second-order valence-electron chi connectivity index (χ2n) is 8.23. The van der Waals surface area contributed by atoms with Crippen molar-refractivity contribution in [3.05, 3.63) is 24.2 Å². The molecule has 156 valence electrons. The van der Waals surface area contributed by atoms with E-state index in [0.717, 1.165) is 0 Å². The van der Waals surface area contributed by atoms with E-state index in [4.69, 9.17) is 9.47 Å². The molecule has 1 saturated heterocycles. The topological polar surface area (TPSA) is 97.8 Å². The van der Waals surface area contributed by atoms with Crippen molar-refractivity contribution in [3.63, 3.8) is 0 Å². The second-order valence-corrected chi connectivity index (χ2v) is 8.23. The van der Waals surface area contributed by atoms with Gasteiger partial charge in [0.1, 0.15) is 22.2 Å². The molecule has 2 atom stereocenters. The molecular formula is C20H27N5O4. The fourth-order valence-electron chi connectivity index (χ4n) is 3.61. The van der Waals surface area contributed by atoms with Crippen molar-refractivity contribution in [2.75, 3.05) is 25.1 Å². The van der Waals surface area contributed by atoms with Gasteiger partial charge in [-0.15, -0.1) is 0 Å². The highest BCUT2D eigenvalue weighted by Crippen LogP contribution is 2.28. The van der Waals surface area contributed by atoms with E-state index in [-0.39, 0.29) is 23.7 Å². The molecule has 0 aromatic carbocycles. The summed E-state index contributed by atoms with van der Waals surface area (Å²) in [5.41, 5.74) is 0.692. The molecule has 1 amide bonds. The lowest BCUT2D eigenvalue weighted by Crippen LogP contribution is -2.59. The number of pyridine rings is 1. The Balaban J connectivity index is 1.91. The standard InChI is InChI=1S/C20H27N5O4/c1-12-10-24(11-13(2)25(12)19(27)29-20(3,4)5)17-16-15(21-7-8-22-16)14(9-23-17)18(26)28-6/h7-9,12-13H,10-11H2,1-6H3/t12-,13+. The lowest BCUT2D eigenvalue weighted by molar-refractivity contribution is 0.00560. The minimum atomic E-state index is -0.551. The smallest absolute Gasteiger partial charge is 0.410 e. The Morgan fingerprint density at radius 3 is 2.17 bits per heavy atom. The van der Waals surface area contributed by atoms with Crippen LogP contribution < -0.4 is 4.90 Å². The number of rotatable bonds is 2. The molecule has 1 aliphatic heterocycles. The number of amides is 1. The third-order valence-electron chi connectivity index (χ3n) is 4.71. The zero-order valence-electron chi connectivity index (χ0n) is 17.7. The van der Waals surface area contributed by atoms with E-state index in [1.165, 1.54) is 19.5 Å². The Kier molecular flexibility index (Phi) is 5.59. The van der Waals surface area contributed by atoms with E-state index in [0.29, 0.717) is 29.9 Å². The van der Waals surface area contributed by atoms with Crippen LogP contribution in [0.2, 0.25) is 0 Å². The van der Waals surface area contributed by atoms with E-state index in [9.17, 15) is 9.59 Å². The number of hydrogen-bond acceptors (Lipinski definition) is 8. The molecule has 1 fully saturated rings. The predicted molar refractivity (Wildman–Crippen MR) is 108 cm³/mol. The third kappa shape index (κ3) is 4.23. The average molecular weight is 401 g/mol. The van der Waals surface area contributed by atoms with E-state index in [1.54, 1.807) is 11.1 Å². The first kappa shape index (κ1) is 20.8. The highest BCUT2D eigenvalue weighted by molar-refractivity contribution is 6.03. The molecule has 0 radical (unpaired) electrons. The SMILES string of the molecule is COC(=O)c1cnc(N2C[C@@H](C)N(C(=O)OC(C)(C)C)[C@@H](C)C2)c2nccnc12. The van der Waals surface area contributed by atoms with Crippen LogP contribution in [0.3, 0.4) is 0 Å². The van der Waals surface area contributed by atoms with Crippen molar-refractivity contribution in [1.29, 1.82) is 0 Å². The number of aromatic nitrogens is 3. The van der Waals surface area contributed by atoms with Crippen molar-refractivity contribution >= 4 is 28.9 Å². The second kappa shape index (κ2) is 7.81. The van der Waals surface area contributed by atoms with Crippen LogP contribution in [-0.2, 0) is 9.47 Å². The number of anilines is 1. The van der Waals surface area contributed by atoms with Crippen LogP contribution in [0.25, 0.3) is 11.0 Å². The molecular weight excluding hydrogens is 374 g/mol. The van der Waals surface area contributed by atoms with Gasteiger partial charge in [-0.1, -0.05) is 0 Å². The fourth-order valence-corrected chi connectivity index (χ4v) is 3.61. The van der Waals surface area contributed by atoms with Crippen LogP contribution in [0.5, 0.6) is 0 Å². The summed E-state index contributed by atoms with van der Waals surface area (Å²) in [4.78, 5) is 41.7. The summed E-state index contributed by atoms with van der Waals surface area (Å²) in [6.45, 7) is 10.6. The summed E-state index contributed by atoms with van der Waals surface area (Å²) in [5.74, 6) is 0.120. The Bertz CT molecular complexity index is 915. The molecule has 0 bridgehead atoms. The molecule has 0 unspecified atom stereocenters. The van der Waals surface area contributed by atoms with Gasteiger partial charge in [0, 0.05) is 31.7 Å². The molecule has 0 saturated carbocycles. The molecule has 29 heavy (non-hydrogen) atoms. The van der Waals surface area contributed by atoms with Gasteiger partial charge in [0.15, 0.2) is 5.82 Å². The first-order chi connectivity index (χ1) is 13.6. The molecule has 0 N–H and O–H groups in total. The van der Waals surface area contributed by atoms with Crippen molar-refractivity contribution < 1.29 is 19.1 Å². The number of ether oxygens (including phenoxy) is 2. The van der Waals surface area contributed by atoms with Gasteiger partial charge in [0.2, 0.25) is 0 Å². The average Bonchev–Trinajstić information content (AvgIpc) is 2.64. The summed E-state index contributed by atoms with van der Waals surface area (Å²) < 4.78 is 10.4. The summed E-state index contributed by atoms with van der Waals surface area (Å²) >= 11 is 0. The summed E-state index contributed by atoms with van der Waals surface area (Å²) in [6, 6.07) is -0.190. The van der Waals surface area contributed by atoms with Crippen LogP contribution in [0.15, 0.2) is 18.6 Å². The molecule has 0 aliphatic carbocycles. The van der Waals surface area contributed by atoms with Gasteiger partial charge < -0.3 is 14.4 Å². The van der Waals surface area contributed by atoms with E-state index < -0.39 is 11.6 Å². The summed E-state index contributed by atoms with van der Waals surface area (Å²) in [6.07, 6.45) is 4.24. The Morgan fingerprint density at radius 1 is 1.03 bits per heavy atom. The Morgan fingerprint density at radius 2 is 1.62 bits per heavy atom. The number of carbonyl (C=O) groups is 2. The number of piperazine rings is 1. The zero-order valence-corrected chi connectivity index (χ0v) is 17.7. The van der Waals surface area contributed by atoms with Gasteiger partial charge >= 0.3 is 12.1 Å². The maximum atomic E-state index is 12.6. The lowest BCUT2D eigenvalue weighted by atomic mass is 10.1. The third-order valence-corrected chi connectivity index (χ3v) is 4.71. The van der Waals surface area contributed by atoms with Crippen LogP contribution in [0, 0.1) is 0 Å².